The lowest BCUT2D eigenvalue weighted by atomic mass is 9.99. The molecular formula is C16H16Br2FNO. The molecule has 2 N–H and O–H groups in total. The van der Waals surface area contributed by atoms with Crippen LogP contribution in [0.4, 0.5) is 4.39 Å². The smallest absolute Gasteiger partial charge is 0.137 e. The van der Waals surface area contributed by atoms with Crippen LogP contribution >= 0.6 is 31.9 Å². The molecule has 0 heterocycles. The fourth-order valence-corrected chi connectivity index (χ4v) is 2.70. The van der Waals surface area contributed by atoms with Crippen LogP contribution < -0.4 is 10.5 Å². The van der Waals surface area contributed by atoms with Crippen molar-refractivity contribution in [3.8, 4) is 5.75 Å². The fraction of sp³-hybridized carbons (Fsp3) is 0.250. The molecule has 0 saturated heterocycles. The zero-order valence-corrected chi connectivity index (χ0v) is 14.7. The Kier molecular flexibility index (Phi) is 5.79. The van der Waals surface area contributed by atoms with Gasteiger partial charge in [-0.05, 0) is 73.7 Å². The predicted molar refractivity (Wildman–Crippen MR) is 90.1 cm³/mol. The summed E-state index contributed by atoms with van der Waals surface area (Å²) in [6, 6.07) is 10.2. The Balaban J connectivity index is 2.24. The summed E-state index contributed by atoms with van der Waals surface area (Å²) in [5.74, 6) is 0.472. The molecule has 0 radical (unpaired) electrons. The molecule has 0 spiro atoms. The summed E-state index contributed by atoms with van der Waals surface area (Å²) in [5, 5.41) is 0. The van der Waals surface area contributed by atoms with Crippen LogP contribution in [-0.2, 0) is 0 Å². The quantitative estimate of drug-likeness (QED) is 0.727. The number of hydrogen-bond donors (Lipinski definition) is 1. The fourth-order valence-electron chi connectivity index (χ4n) is 1.94. The third kappa shape index (κ3) is 4.05. The van der Waals surface area contributed by atoms with Crippen LogP contribution in [0.1, 0.15) is 30.5 Å². The lowest BCUT2D eigenvalue weighted by Gasteiger charge is -2.15. The molecule has 5 heteroatoms. The van der Waals surface area contributed by atoms with E-state index in [0.717, 1.165) is 27.8 Å². The number of halogens is 3. The third-order valence-electron chi connectivity index (χ3n) is 3.08. The molecular weight excluding hydrogens is 401 g/mol. The van der Waals surface area contributed by atoms with E-state index in [2.05, 4.69) is 38.8 Å². The first kappa shape index (κ1) is 16.5. The molecule has 0 aliphatic heterocycles. The van der Waals surface area contributed by atoms with Gasteiger partial charge in [-0.1, -0.05) is 19.1 Å². The van der Waals surface area contributed by atoms with Crippen molar-refractivity contribution in [1.29, 1.82) is 0 Å². The Hall–Kier alpha value is -0.910. The first-order valence-electron chi connectivity index (χ1n) is 6.65. The van der Waals surface area contributed by atoms with Crippen LogP contribution in [-0.4, -0.2) is 6.61 Å². The Bertz CT molecular complexity index is 634. The van der Waals surface area contributed by atoms with Crippen LogP contribution in [0.5, 0.6) is 5.75 Å². The van der Waals surface area contributed by atoms with Crippen molar-refractivity contribution in [2.24, 2.45) is 5.73 Å². The highest BCUT2D eigenvalue weighted by Crippen LogP contribution is 2.30. The first-order chi connectivity index (χ1) is 10.0. The Morgan fingerprint density at radius 2 is 1.76 bits per heavy atom. The summed E-state index contributed by atoms with van der Waals surface area (Å²) in [4.78, 5) is 0. The van der Waals surface area contributed by atoms with E-state index in [-0.39, 0.29) is 11.9 Å². The second-order valence-electron chi connectivity index (χ2n) is 4.69. The Morgan fingerprint density at radius 1 is 1.10 bits per heavy atom. The van der Waals surface area contributed by atoms with Gasteiger partial charge < -0.3 is 10.5 Å². The van der Waals surface area contributed by atoms with Gasteiger partial charge in [-0.15, -0.1) is 0 Å². The average molecular weight is 417 g/mol. The van der Waals surface area contributed by atoms with E-state index in [1.165, 1.54) is 6.07 Å². The summed E-state index contributed by atoms with van der Waals surface area (Å²) < 4.78 is 20.5. The molecule has 21 heavy (non-hydrogen) atoms. The minimum Gasteiger partial charge on any atom is -0.492 e. The van der Waals surface area contributed by atoms with E-state index in [1.807, 2.05) is 24.3 Å². The van der Waals surface area contributed by atoms with Crippen LogP contribution in [0.3, 0.4) is 0 Å². The number of nitrogens with two attached hydrogens (primary N) is 1. The Labute approximate surface area is 140 Å². The van der Waals surface area contributed by atoms with Crippen molar-refractivity contribution in [3.05, 3.63) is 62.3 Å². The van der Waals surface area contributed by atoms with Gasteiger partial charge in [0.2, 0.25) is 0 Å². The molecule has 2 aromatic rings. The number of rotatable bonds is 5. The van der Waals surface area contributed by atoms with Gasteiger partial charge in [0.1, 0.15) is 11.6 Å². The molecule has 0 aromatic heterocycles. The molecule has 2 nitrogen and oxygen atoms in total. The molecule has 0 aliphatic carbocycles. The maximum atomic E-state index is 13.6. The van der Waals surface area contributed by atoms with Gasteiger partial charge in [0.05, 0.1) is 21.6 Å². The highest BCUT2D eigenvalue weighted by molar-refractivity contribution is 9.10. The van der Waals surface area contributed by atoms with Crippen molar-refractivity contribution in [2.75, 3.05) is 6.61 Å². The molecule has 112 valence electrons. The maximum Gasteiger partial charge on any atom is 0.137 e. The van der Waals surface area contributed by atoms with Gasteiger partial charge in [-0.3, -0.25) is 0 Å². The second-order valence-corrected chi connectivity index (χ2v) is 6.40. The average Bonchev–Trinajstić information content (AvgIpc) is 2.48. The third-order valence-corrected chi connectivity index (χ3v) is 4.34. The van der Waals surface area contributed by atoms with Crippen molar-refractivity contribution < 1.29 is 9.13 Å². The van der Waals surface area contributed by atoms with Gasteiger partial charge in [-0.2, -0.15) is 0 Å². The van der Waals surface area contributed by atoms with Gasteiger partial charge in [-0.25, -0.2) is 4.39 Å². The predicted octanol–water partition coefficient (Wildman–Crippen LogP) is 5.19. The van der Waals surface area contributed by atoms with E-state index >= 15 is 0 Å². The number of ether oxygens (including phenoxy) is 1. The standard InChI is InChI=1S/C16H16Br2FNO/c1-2-7-21-15-6-4-10(8-13(15)18)16(20)11-3-5-12(17)14(19)9-11/h3-6,8-9,16H,2,7,20H2,1H3. The SMILES string of the molecule is CCCOc1ccc(C(N)c2ccc(Br)c(F)c2)cc1Br. The summed E-state index contributed by atoms with van der Waals surface area (Å²) in [6.07, 6.45) is 0.950. The highest BCUT2D eigenvalue weighted by atomic mass is 79.9. The first-order valence-corrected chi connectivity index (χ1v) is 8.24. The molecule has 1 atom stereocenters. The summed E-state index contributed by atoms with van der Waals surface area (Å²) in [7, 11) is 0. The summed E-state index contributed by atoms with van der Waals surface area (Å²) in [6.45, 7) is 2.72. The molecule has 2 rings (SSSR count). The maximum absolute atomic E-state index is 13.6. The Morgan fingerprint density at radius 3 is 2.38 bits per heavy atom. The van der Waals surface area contributed by atoms with Crippen LogP contribution in [0.15, 0.2) is 45.3 Å². The molecule has 0 amide bonds. The minimum atomic E-state index is -0.385. The molecule has 0 bridgehead atoms. The normalized spacial score (nSPS) is 12.2. The zero-order valence-electron chi connectivity index (χ0n) is 11.6. The van der Waals surface area contributed by atoms with Gasteiger partial charge in [0, 0.05) is 0 Å². The molecule has 0 saturated carbocycles. The van der Waals surface area contributed by atoms with E-state index in [0.29, 0.717) is 11.1 Å². The van der Waals surface area contributed by atoms with E-state index in [1.54, 1.807) is 6.07 Å². The number of hydrogen-bond acceptors (Lipinski definition) is 2. The van der Waals surface area contributed by atoms with Crippen LogP contribution in [0, 0.1) is 5.82 Å². The lowest BCUT2D eigenvalue weighted by molar-refractivity contribution is 0.315. The summed E-state index contributed by atoms with van der Waals surface area (Å²) >= 11 is 6.62. The van der Waals surface area contributed by atoms with Crippen LogP contribution in [0.25, 0.3) is 0 Å². The topological polar surface area (TPSA) is 35.2 Å². The molecule has 0 fully saturated rings. The van der Waals surface area contributed by atoms with Gasteiger partial charge in [0.25, 0.3) is 0 Å². The highest BCUT2D eigenvalue weighted by Gasteiger charge is 2.13. The van der Waals surface area contributed by atoms with Crippen molar-refractivity contribution in [3.63, 3.8) is 0 Å². The van der Waals surface area contributed by atoms with E-state index in [4.69, 9.17) is 10.5 Å². The van der Waals surface area contributed by atoms with Gasteiger partial charge >= 0.3 is 0 Å². The van der Waals surface area contributed by atoms with Crippen molar-refractivity contribution >= 4 is 31.9 Å². The van der Waals surface area contributed by atoms with E-state index < -0.39 is 0 Å². The molecule has 1 unspecified atom stereocenters. The summed E-state index contributed by atoms with van der Waals surface area (Å²) in [5.41, 5.74) is 7.83. The van der Waals surface area contributed by atoms with Crippen molar-refractivity contribution in [1.82, 2.24) is 0 Å². The van der Waals surface area contributed by atoms with E-state index in [9.17, 15) is 4.39 Å². The molecule has 0 aliphatic rings. The second kappa shape index (κ2) is 7.38. The zero-order chi connectivity index (χ0) is 15.4. The minimum absolute atomic E-state index is 0.315. The number of benzene rings is 2. The lowest BCUT2D eigenvalue weighted by Crippen LogP contribution is -2.12. The van der Waals surface area contributed by atoms with Crippen LogP contribution in [0.2, 0.25) is 0 Å². The van der Waals surface area contributed by atoms with Gasteiger partial charge in [0.15, 0.2) is 0 Å². The molecule has 2 aromatic carbocycles. The largest absolute Gasteiger partial charge is 0.492 e. The monoisotopic (exact) mass is 415 g/mol. The van der Waals surface area contributed by atoms with Crippen molar-refractivity contribution in [2.45, 2.75) is 19.4 Å².